The van der Waals surface area contributed by atoms with Crippen molar-refractivity contribution in [3.8, 4) is 0 Å². The Bertz CT molecular complexity index is 381. The first kappa shape index (κ1) is 16.5. The van der Waals surface area contributed by atoms with Gasteiger partial charge in [-0.2, -0.15) is 0 Å². The molecule has 2 atom stereocenters. The Morgan fingerprint density at radius 3 is 2.63 bits per heavy atom. The fraction of sp³-hybridized carbons (Fsp3) is 0.625. The lowest BCUT2D eigenvalue weighted by molar-refractivity contribution is 0.381. The molecular formula is C16H25ClFN. The fourth-order valence-electron chi connectivity index (χ4n) is 2.44. The third-order valence-corrected chi connectivity index (χ3v) is 3.71. The first-order valence-electron chi connectivity index (χ1n) is 7.27. The Balaban J connectivity index is 2.85. The van der Waals surface area contributed by atoms with E-state index in [0.717, 1.165) is 19.4 Å². The van der Waals surface area contributed by atoms with Crippen LogP contribution in [0.3, 0.4) is 0 Å². The van der Waals surface area contributed by atoms with Crippen LogP contribution in [0, 0.1) is 11.7 Å². The Morgan fingerprint density at radius 2 is 2.00 bits per heavy atom. The van der Waals surface area contributed by atoms with E-state index in [0.29, 0.717) is 11.5 Å². The standard InChI is InChI=1S/C16H25ClFN/c1-4-7-12(3)11-15(19-10-5-2)13-8-6-9-14(17)16(13)18/h6,8-9,12,15,19H,4-5,7,10-11H2,1-3H3. The molecule has 0 aliphatic heterocycles. The van der Waals surface area contributed by atoms with Crippen LogP contribution in [0.2, 0.25) is 5.02 Å². The van der Waals surface area contributed by atoms with E-state index in [1.54, 1.807) is 6.07 Å². The highest BCUT2D eigenvalue weighted by Crippen LogP contribution is 2.29. The second-order valence-electron chi connectivity index (χ2n) is 5.28. The molecule has 0 aromatic heterocycles. The molecule has 1 nitrogen and oxygen atoms in total. The molecule has 0 amide bonds. The van der Waals surface area contributed by atoms with Crippen molar-refractivity contribution in [3.63, 3.8) is 0 Å². The van der Waals surface area contributed by atoms with Gasteiger partial charge in [-0.05, 0) is 31.4 Å². The molecule has 0 spiro atoms. The van der Waals surface area contributed by atoms with E-state index in [1.165, 1.54) is 12.8 Å². The van der Waals surface area contributed by atoms with Crippen molar-refractivity contribution < 1.29 is 4.39 Å². The van der Waals surface area contributed by atoms with Crippen LogP contribution < -0.4 is 5.32 Å². The van der Waals surface area contributed by atoms with Gasteiger partial charge >= 0.3 is 0 Å². The zero-order chi connectivity index (χ0) is 14.3. The molecule has 0 saturated heterocycles. The Hall–Kier alpha value is -0.600. The number of hydrogen-bond donors (Lipinski definition) is 1. The van der Waals surface area contributed by atoms with Gasteiger partial charge in [0.05, 0.1) is 5.02 Å². The lowest BCUT2D eigenvalue weighted by atomic mass is 9.92. The first-order valence-corrected chi connectivity index (χ1v) is 7.65. The summed E-state index contributed by atoms with van der Waals surface area (Å²) in [5.41, 5.74) is 0.698. The molecule has 3 heteroatoms. The van der Waals surface area contributed by atoms with Gasteiger partial charge in [0, 0.05) is 11.6 Å². The van der Waals surface area contributed by atoms with Crippen molar-refractivity contribution >= 4 is 11.6 Å². The maximum atomic E-state index is 14.1. The van der Waals surface area contributed by atoms with Crippen LogP contribution in [0.4, 0.5) is 4.39 Å². The molecule has 0 saturated carbocycles. The number of nitrogens with one attached hydrogen (secondary N) is 1. The zero-order valence-electron chi connectivity index (χ0n) is 12.2. The first-order chi connectivity index (χ1) is 9.10. The summed E-state index contributed by atoms with van der Waals surface area (Å²) in [5, 5.41) is 3.66. The Morgan fingerprint density at radius 1 is 1.26 bits per heavy atom. The van der Waals surface area contributed by atoms with E-state index in [-0.39, 0.29) is 16.9 Å². The van der Waals surface area contributed by atoms with Crippen molar-refractivity contribution in [1.82, 2.24) is 5.32 Å². The van der Waals surface area contributed by atoms with Gasteiger partial charge in [-0.15, -0.1) is 0 Å². The van der Waals surface area contributed by atoms with Gasteiger partial charge in [-0.1, -0.05) is 57.3 Å². The summed E-state index contributed by atoms with van der Waals surface area (Å²) in [7, 11) is 0. The van der Waals surface area contributed by atoms with Gasteiger partial charge in [0.25, 0.3) is 0 Å². The van der Waals surface area contributed by atoms with Crippen molar-refractivity contribution in [2.24, 2.45) is 5.92 Å². The third kappa shape index (κ3) is 5.12. The zero-order valence-corrected chi connectivity index (χ0v) is 12.9. The number of hydrogen-bond acceptors (Lipinski definition) is 1. The minimum absolute atomic E-state index is 0.0557. The van der Waals surface area contributed by atoms with Crippen LogP contribution in [-0.4, -0.2) is 6.54 Å². The van der Waals surface area contributed by atoms with E-state index in [1.807, 2.05) is 12.1 Å². The molecule has 1 N–H and O–H groups in total. The molecule has 2 unspecified atom stereocenters. The monoisotopic (exact) mass is 285 g/mol. The molecule has 0 radical (unpaired) electrons. The molecule has 108 valence electrons. The van der Waals surface area contributed by atoms with Gasteiger partial charge < -0.3 is 5.32 Å². The van der Waals surface area contributed by atoms with Gasteiger partial charge in [-0.3, -0.25) is 0 Å². The van der Waals surface area contributed by atoms with E-state index in [9.17, 15) is 4.39 Å². The van der Waals surface area contributed by atoms with Crippen molar-refractivity contribution in [2.75, 3.05) is 6.54 Å². The van der Waals surface area contributed by atoms with Gasteiger partial charge in [0.2, 0.25) is 0 Å². The Labute approximate surface area is 121 Å². The smallest absolute Gasteiger partial charge is 0.146 e. The van der Waals surface area contributed by atoms with E-state index in [2.05, 4.69) is 26.1 Å². The summed E-state index contributed by atoms with van der Waals surface area (Å²) in [6.45, 7) is 7.43. The molecular weight excluding hydrogens is 261 g/mol. The lowest BCUT2D eigenvalue weighted by Crippen LogP contribution is -2.25. The van der Waals surface area contributed by atoms with Crippen LogP contribution in [0.25, 0.3) is 0 Å². The van der Waals surface area contributed by atoms with Gasteiger partial charge in [0.15, 0.2) is 0 Å². The summed E-state index contributed by atoms with van der Waals surface area (Å²) in [5.74, 6) is 0.305. The van der Waals surface area contributed by atoms with Crippen LogP contribution in [0.5, 0.6) is 0 Å². The van der Waals surface area contributed by atoms with Crippen LogP contribution in [0.15, 0.2) is 18.2 Å². The highest BCUT2D eigenvalue weighted by atomic mass is 35.5. The van der Waals surface area contributed by atoms with Crippen LogP contribution in [0.1, 0.15) is 58.1 Å². The largest absolute Gasteiger partial charge is 0.310 e. The number of halogens is 2. The molecule has 0 heterocycles. The predicted molar refractivity (Wildman–Crippen MR) is 81.1 cm³/mol. The minimum Gasteiger partial charge on any atom is -0.310 e. The van der Waals surface area contributed by atoms with Crippen molar-refractivity contribution in [3.05, 3.63) is 34.6 Å². The highest BCUT2D eigenvalue weighted by Gasteiger charge is 2.19. The lowest BCUT2D eigenvalue weighted by Gasteiger charge is -2.23. The highest BCUT2D eigenvalue weighted by molar-refractivity contribution is 6.30. The maximum absolute atomic E-state index is 14.1. The second kappa shape index (κ2) is 8.55. The molecule has 0 bridgehead atoms. The molecule has 0 fully saturated rings. The third-order valence-electron chi connectivity index (χ3n) is 3.42. The SMILES string of the molecule is CCCNC(CC(C)CCC)c1cccc(Cl)c1F. The maximum Gasteiger partial charge on any atom is 0.146 e. The van der Waals surface area contributed by atoms with Crippen LogP contribution >= 0.6 is 11.6 Å². The van der Waals surface area contributed by atoms with Gasteiger partial charge in [0.1, 0.15) is 5.82 Å². The average molecular weight is 286 g/mol. The Kier molecular flexibility index (Phi) is 7.40. The summed E-state index contributed by atoms with van der Waals surface area (Å²) in [4.78, 5) is 0. The van der Waals surface area contributed by atoms with E-state index < -0.39 is 0 Å². The predicted octanol–water partition coefficient (Wildman–Crippen LogP) is 5.35. The number of rotatable bonds is 8. The summed E-state index contributed by atoms with van der Waals surface area (Å²) < 4.78 is 14.1. The molecule has 19 heavy (non-hydrogen) atoms. The molecule has 1 aromatic rings. The van der Waals surface area contributed by atoms with Crippen LogP contribution in [-0.2, 0) is 0 Å². The van der Waals surface area contributed by atoms with Gasteiger partial charge in [-0.25, -0.2) is 4.39 Å². The average Bonchev–Trinajstić information content (AvgIpc) is 2.38. The molecule has 1 aromatic carbocycles. The number of benzene rings is 1. The van der Waals surface area contributed by atoms with Crippen molar-refractivity contribution in [2.45, 2.75) is 52.5 Å². The minimum atomic E-state index is -0.276. The topological polar surface area (TPSA) is 12.0 Å². The van der Waals surface area contributed by atoms with E-state index >= 15 is 0 Å². The second-order valence-corrected chi connectivity index (χ2v) is 5.69. The normalized spacial score (nSPS) is 14.4. The molecule has 1 rings (SSSR count). The summed E-state index contributed by atoms with van der Waals surface area (Å²) >= 11 is 5.89. The van der Waals surface area contributed by atoms with Crippen molar-refractivity contribution in [1.29, 1.82) is 0 Å². The van der Waals surface area contributed by atoms with E-state index in [4.69, 9.17) is 11.6 Å². The quantitative estimate of drug-likeness (QED) is 0.679. The fourth-order valence-corrected chi connectivity index (χ4v) is 2.62. The molecule has 0 aliphatic rings. The summed E-state index contributed by atoms with van der Waals surface area (Å²) in [6, 6.07) is 5.33. The molecule has 0 aliphatic carbocycles. The summed E-state index contributed by atoms with van der Waals surface area (Å²) in [6.07, 6.45) is 4.33.